The van der Waals surface area contributed by atoms with Crippen LogP contribution in [-0.2, 0) is 18.3 Å². The fraction of sp³-hybridized carbons (Fsp3) is 0.429. The maximum atomic E-state index is 11.9. The van der Waals surface area contributed by atoms with Crippen molar-refractivity contribution in [2.45, 2.75) is 33.6 Å². The quantitative estimate of drug-likeness (QED) is 0.920. The lowest BCUT2D eigenvalue weighted by Crippen LogP contribution is -2.15. The molecule has 106 valence electrons. The molecule has 0 saturated heterocycles. The lowest BCUT2D eigenvalue weighted by Gasteiger charge is -2.05. The standard InChI is InChI=1S/C14H19N5O/c1-9-7-10(2)17-14(16-9)18-13(20)6-5-12-8-15-19(4)11(12)3/h7-8H,5-6H2,1-4H3,(H,16,17,18,20). The molecule has 0 unspecified atom stereocenters. The first-order valence-corrected chi connectivity index (χ1v) is 6.55. The number of carbonyl (C=O) groups is 1. The highest BCUT2D eigenvalue weighted by molar-refractivity contribution is 5.89. The van der Waals surface area contributed by atoms with Gasteiger partial charge in [0.05, 0.1) is 6.20 Å². The Labute approximate surface area is 118 Å². The number of hydrogen-bond acceptors (Lipinski definition) is 4. The van der Waals surface area contributed by atoms with Gasteiger partial charge < -0.3 is 0 Å². The van der Waals surface area contributed by atoms with Crippen molar-refractivity contribution < 1.29 is 4.79 Å². The van der Waals surface area contributed by atoms with Crippen molar-refractivity contribution in [3.8, 4) is 0 Å². The van der Waals surface area contributed by atoms with Crippen molar-refractivity contribution in [1.29, 1.82) is 0 Å². The van der Waals surface area contributed by atoms with Gasteiger partial charge in [-0.15, -0.1) is 0 Å². The molecule has 0 saturated carbocycles. The van der Waals surface area contributed by atoms with Crippen molar-refractivity contribution in [1.82, 2.24) is 19.7 Å². The Kier molecular flexibility index (Phi) is 4.12. The number of carbonyl (C=O) groups excluding carboxylic acids is 1. The third-order valence-corrected chi connectivity index (χ3v) is 3.19. The fourth-order valence-corrected chi connectivity index (χ4v) is 2.01. The van der Waals surface area contributed by atoms with Crippen LogP contribution in [0.1, 0.15) is 29.1 Å². The first-order valence-electron chi connectivity index (χ1n) is 6.55. The van der Waals surface area contributed by atoms with Crippen LogP contribution in [0, 0.1) is 20.8 Å². The molecule has 2 heterocycles. The fourth-order valence-electron chi connectivity index (χ4n) is 2.01. The largest absolute Gasteiger partial charge is 0.295 e. The first-order chi connectivity index (χ1) is 9.45. The third kappa shape index (κ3) is 3.40. The van der Waals surface area contributed by atoms with E-state index in [4.69, 9.17) is 0 Å². The molecule has 0 spiro atoms. The van der Waals surface area contributed by atoms with Crippen molar-refractivity contribution >= 4 is 11.9 Å². The molecule has 20 heavy (non-hydrogen) atoms. The molecule has 2 aromatic rings. The highest BCUT2D eigenvalue weighted by Crippen LogP contribution is 2.09. The monoisotopic (exact) mass is 273 g/mol. The molecule has 2 aromatic heterocycles. The van der Waals surface area contributed by atoms with Crippen LogP contribution in [0.25, 0.3) is 0 Å². The Morgan fingerprint density at radius 2 is 1.90 bits per heavy atom. The van der Waals surface area contributed by atoms with E-state index in [9.17, 15) is 4.79 Å². The van der Waals surface area contributed by atoms with E-state index in [1.807, 2.05) is 33.9 Å². The smallest absolute Gasteiger partial charge is 0.229 e. The third-order valence-electron chi connectivity index (χ3n) is 3.19. The number of aryl methyl sites for hydroxylation is 4. The van der Waals surface area contributed by atoms with Crippen LogP contribution in [0.4, 0.5) is 5.95 Å². The summed E-state index contributed by atoms with van der Waals surface area (Å²) < 4.78 is 1.81. The van der Waals surface area contributed by atoms with Gasteiger partial charge in [0.2, 0.25) is 11.9 Å². The number of nitrogens with one attached hydrogen (secondary N) is 1. The number of rotatable bonds is 4. The van der Waals surface area contributed by atoms with Crippen LogP contribution in [0.2, 0.25) is 0 Å². The molecule has 1 amide bonds. The van der Waals surface area contributed by atoms with Crippen LogP contribution >= 0.6 is 0 Å². The van der Waals surface area contributed by atoms with Crippen molar-refractivity contribution in [3.63, 3.8) is 0 Å². The van der Waals surface area contributed by atoms with Gasteiger partial charge in [-0.1, -0.05) is 0 Å². The molecule has 2 rings (SSSR count). The van der Waals surface area contributed by atoms with E-state index in [1.54, 1.807) is 10.9 Å². The van der Waals surface area contributed by atoms with Gasteiger partial charge in [0.15, 0.2) is 0 Å². The summed E-state index contributed by atoms with van der Waals surface area (Å²) in [4.78, 5) is 20.3. The molecular weight excluding hydrogens is 254 g/mol. The highest BCUT2D eigenvalue weighted by atomic mass is 16.1. The Hall–Kier alpha value is -2.24. The SMILES string of the molecule is Cc1cc(C)nc(NC(=O)CCc2cnn(C)c2C)n1. The first kappa shape index (κ1) is 14.2. The molecule has 0 radical (unpaired) electrons. The molecule has 0 aromatic carbocycles. The molecule has 1 N–H and O–H groups in total. The molecular formula is C14H19N5O. The van der Waals surface area contributed by atoms with Gasteiger partial charge in [0.25, 0.3) is 0 Å². The number of hydrogen-bond donors (Lipinski definition) is 1. The van der Waals surface area contributed by atoms with Gasteiger partial charge in [-0.2, -0.15) is 5.10 Å². The van der Waals surface area contributed by atoms with E-state index < -0.39 is 0 Å². The van der Waals surface area contributed by atoms with Gasteiger partial charge >= 0.3 is 0 Å². The van der Waals surface area contributed by atoms with Crippen molar-refractivity contribution in [3.05, 3.63) is 34.9 Å². The van der Waals surface area contributed by atoms with Crippen LogP contribution in [-0.4, -0.2) is 25.7 Å². The van der Waals surface area contributed by atoms with Crippen molar-refractivity contribution in [2.24, 2.45) is 7.05 Å². The molecule has 0 fully saturated rings. The van der Waals surface area contributed by atoms with E-state index in [2.05, 4.69) is 20.4 Å². The molecule has 0 aliphatic rings. The zero-order valence-electron chi connectivity index (χ0n) is 12.3. The second-order valence-corrected chi connectivity index (χ2v) is 4.90. The summed E-state index contributed by atoms with van der Waals surface area (Å²) in [7, 11) is 1.89. The normalized spacial score (nSPS) is 10.6. The predicted octanol–water partition coefficient (Wildman–Crippen LogP) is 1.71. The van der Waals surface area contributed by atoms with Crippen LogP contribution < -0.4 is 5.32 Å². The van der Waals surface area contributed by atoms with Crippen LogP contribution in [0.3, 0.4) is 0 Å². The second-order valence-electron chi connectivity index (χ2n) is 4.90. The number of anilines is 1. The summed E-state index contributed by atoms with van der Waals surface area (Å²) in [6, 6.07) is 1.87. The van der Waals surface area contributed by atoms with Gasteiger partial charge in [0.1, 0.15) is 0 Å². The van der Waals surface area contributed by atoms with Crippen LogP contribution in [0.15, 0.2) is 12.3 Å². The van der Waals surface area contributed by atoms with E-state index in [0.717, 1.165) is 22.6 Å². The van der Waals surface area contributed by atoms with E-state index >= 15 is 0 Å². The van der Waals surface area contributed by atoms with Gasteiger partial charge in [0, 0.05) is 30.6 Å². The Morgan fingerprint density at radius 1 is 1.25 bits per heavy atom. The number of aromatic nitrogens is 4. The van der Waals surface area contributed by atoms with Crippen molar-refractivity contribution in [2.75, 3.05) is 5.32 Å². The van der Waals surface area contributed by atoms with E-state index in [0.29, 0.717) is 18.8 Å². The van der Waals surface area contributed by atoms with E-state index in [1.165, 1.54) is 0 Å². The van der Waals surface area contributed by atoms with Crippen LogP contribution in [0.5, 0.6) is 0 Å². The summed E-state index contributed by atoms with van der Waals surface area (Å²) >= 11 is 0. The minimum absolute atomic E-state index is 0.0850. The minimum atomic E-state index is -0.0850. The molecule has 6 heteroatoms. The summed E-state index contributed by atoms with van der Waals surface area (Å²) in [5.74, 6) is 0.286. The summed E-state index contributed by atoms with van der Waals surface area (Å²) in [5.41, 5.74) is 3.86. The predicted molar refractivity (Wildman–Crippen MR) is 76.4 cm³/mol. The van der Waals surface area contributed by atoms with E-state index in [-0.39, 0.29) is 5.91 Å². The summed E-state index contributed by atoms with van der Waals surface area (Å²) in [5, 5.41) is 6.89. The Bertz CT molecular complexity index is 612. The number of amides is 1. The number of nitrogens with zero attached hydrogens (tertiary/aromatic N) is 4. The lowest BCUT2D eigenvalue weighted by atomic mass is 10.1. The molecule has 0 aliphatic carbocycles. The average Bonchev–Trinajstić information content (AvgIpc) is 2.66. The second kappa shape index (κ2) is 5.81. The topological polar surface area (TPSA) is 72.7 Å². The zero-order valence-corrected chi connectivity index (χ0v) is 12.3. The average molecular weight is 273 g/mol. The molecule has 0 aliphatic heterocycles. The zero-order chi connectivity index (χ0) is 14.7. The van der Waals surface area contributed by atoms with Gasteiger partial charge in [-0.25, -0.2) is 9.97 Å². The maximum Gasteiger partial charge on any atom is 0.229 e. The lowest BCUT2D eigenvalue weighted by molar-refractivity contribution is -0.116. The Balaban J connectivity index is 1.94. The molecule has 0 atom stereocenters. The summed E-state index contributed by atoms with van der Waals surface area (Å²) in [6.45, 7) is 5.75. The van der Waals surface area contributed by atoms with Gasteiger partial charge in [-0.3, -0.25) is 14.8 Å². The maximum absolute atomic E-state index is 11.9. The molecule has 6 nitrogen and oxygen atoms in total. The van der Waals surface area contributed by atoms with Gasteiger partial charge in [-0.05, 0) is 38.8 Å². The molecule has 0 bridgehead atoms. The highest BCUT2D eigenvalue weighted by Gasteiger charge is 2.09. The Morgan fingerprint density at radius 3 is 2.45 bits per heavy atom. The summed E-state index contributed by atoms with van der Waals surface area (Å²) in [6.07, 6.45) is 2.86. The minimum Gasteiger partial charge on any atom is -0.295 e.